The highest BCUT2D eigenvalue weighted by Gasteiger charge is 2.31. The van der Waals surface area contributed by atoms with Crippen LogP contribution in [0.4, 0.5) is 13.2 Å². The maximum Gasteiger partial charge on any atom is 0.387 e. The van der Waals surface area contributed by atoms with Gasteiger partial charge in [-0.3, -0.25) is 4.79 Å². The van der Waals surface area contributed by atoms with E-state index in [9.17, 15) is 18.0 Å². The zero-order chi connectivity index (χ0) is 23.2. The monoisotopic (exact) mass is 457 g/mol. The number of ether oxygens (including phenoxy) is 2. The highest BCUT2D eigenvalue weighted by atomic mass is 19.3. The van der Waals surface area contributed by atoms with E-state index in [1.807, 2.05) is 0 Å². The molecule has 1 saturated carbocycles. The van der Waals surface area contributed by atoms with Gasteiger partial charge in [-0.25, -0.2) is 14.4 Å². The molecule has 4 rings (SSSR count). The maximum atomic E-state index is 13.3. The Kier molecular flexibility index (Phi) is 7.07. The van der Waals surface area contributed by atoms with Crippen molar-refractivity contribution in [3.8, 4) is 22.9 Å². The summed E-state index contributed by atoms with van der Waals surface area (Å²) in [6.45, 7) is -2.76. The normalized spacial score (nSPS) is 17.7. The van der Waals surface area contributed by atoms with Crippen LogP contribution >= 0.6 is 0 Å². The van der Waals surface area contributed by atoms with Gasteiger partial charge in [0, 0.05) is 29.9 Å². The summed E-state index contributed by atoms with van der Waals surface area (Å²) in [5, 5.41) is 2.96. The van der Waals surface area contributed by atoms with Crippen LogP contribution in [-0.2, 0) is 0 Å². The number of carbonyl (C=O) groups excluding carboxylic acids is 1. The molecule has 0 aliphatic heterocycles. The van der Waals surface area contributed by atoms with Crippen LogP contribution in [0.15, 0.2) is 60.9 Å². The van der Waals surface area contributed by atoms with E-state index >= 15 is 0 Å². The minimum atomic E-state index is -3.09. The van der Waals surface area contributed by atoms with Crippen LogP contribution in [0.1, 0.15) is 29.6 Å². The van der Waals surface area contributed by atoms with Crippen LogP contribution in [0.3, 0.4) is 0 Å². The molecule has 1 aliphatic rings. The van der Waals surface area contributed by atoms with Crippen molar-refractivity contribution in [3.05, 3.63) is 72.3 Å². The molecule has 3 aromatic rings. The smallest absolute Gasteiger partial charge is 0.387 e. The lowest BCUT2D eigenvalue weighted by molar-refractivity contribution is -0.0501. The van der Waals surface area contributed by atoms with E-state index in [4.69, 9.17) is 4.74 Å². The van der Waals surface area contributed by atoms with E-state index in [0.717, 1.165) is 19.3 Å². The lowest BCUT2D eigenvalue weighted by Gasteiger charge is -2.23. The molecule has 1 aliphatic carbocycles. The molecule has 0 bridgehead atoms. The first-order valence-corrected chi connectivity index (χ1v) is 10.6. The third kappa shape index (κ3) is 5.60. The highest BCUT2D eigenvalue weighted by molar-refractivity contribution is 6.03. The van der Waals surface area contributed by atoms with Gasteiger partial charge in [0.1, 0.15) is 17.3 Å². The van der Waals surface area contributed by atoms with Crippen LogP contribution in [0.2, 0.25) is 0 Å². The summed E-state index contributed by atoms with van der Waals surface area (Å²) in [5.74, 6) is -0.371. The van der Waals surface area contributed by atoms with Crippen molar-refractivity contribution < 1.29 is 27.4 Å². The molecule has 33 heavy (non-hydrogen) atoms. The van der Waals surface area contributed by atoms with Gasteiger partial charge in [-0.2, -0.15) is 8.78 Å². The molecular weight excluding hydrogens is 435 g/mol. The van der Waals surface area contributed by atoms with Gasteiger partial charge in [0.05, 0.1) is 12.2 Å². The van der Waals surface area contributed by atoms with Crippen LogP contribution < -0.4 is 14.8 Å². The summed E-state index contributed by atoms with van der Waals surface area (Å²) in [6, 6.07) is 11.5. The summed E-state index contributed by atoms with van der Waals surface area (Å²) in [6.07, 6.45) is 5.44. The second kappa shape index (κ2) is 10.3. The van der Waals surface area contributed by atoms with E-state index in [2.05, 4.69) is 20.0 Å². The average molecular weight is 457 g/mol. The molecule has 1 N–H and O–H groups in total. The van der Waals surface area contributed by atoms with Gasteiger partial charge in [0.2, 0.25) is 0 Å². The molecular formula is C24H22F3N3O3. The number of benzene rings is 2. The van der Waals surface area contributed by atoms with E-state index in [1.165, 1.54) is 36.7 Å². The van der Waals surface area contributed by atoms with Gasteiger partial charge in [0.25, 0.3) is 5.91 Å². The van der Waals surface area contributed by atoms with E-state index in [-0.39, 0.29) is 34.9 Å². The number of nitrogens with one attached hydrogen (secondary N) is 1. The Morgan fingerprint density at radius 2 is 1.82 bits per heavy atom. The minimum absolute atomic E-state index is 0.0126. The van der Waals surface area contributed by atoms with Crippen molar-refractivity contribution in [2.45, 2.75) is 31.9 Å². The Labute approximate surface area is 188 Å². The Balaban J connectivity index is 1.53. The van der Waals surface area contributed by atoms with Gasteiger partial charge < -0.3 is 14.8 Å². The van der Waals surface area contributed by atoms with Gasteiger partial charge in [0.15, 0.2) is 5.82 Å². The van der Waals surface area contributed by atoms with Crippen LogP contribution in [0, 0.1) is 11.7 Å². The third-order valence-corrected chi connectivity index (χ3v) is 5.53. The van der Waals surface area contributed by atoms with E-state index < -0.39 is 12.5 Å². The van der Waals surface area contributed by atoms with Crippen molar-refractivity contribution in [1.29, 1.82) is 0 Å². The minimum Gasteiger partial charge on any atom is -0.493 e. The van der Waals surface area contributed by atoms with Gasteiger partial charge in [-0.05, 0) is 49.2 Å². The first kappa shape index (κ1) is 22.6. The molecule has 0 spiro atoms. The molecule has 1 aromatic heterocycles. The zero-order valence-electron chi connectivity index (χ0n) is 17.6. The molecule has 2 aromatic carbocycles. The van der Waals surface area contributed by atoms with Crippen molar-refractivity contribution in [1.82, 2.24) is 15.3 Å². The fourth-order valence-electron chi connectivity index (χ4n) is 3.99. The van der Waals surface area contributed by atoms with Gasteiger partial charge in [-0.1, -0.05) is 18.6 Å². The molecule has 172 valence electrons. The van der Waals surface area contributed by atoms with Crippen LogP contribution in [0.5, 0.6) is 11.5 Å². The number of hydrogen-bond donors (Lipinski definition) is 1. The Morgan fingerprint density at radius 3 is 2.55 bits per heavy atom. The molecule has 1 amide bonds. The van der Waals surface area contributed by atoms with Crippen LogP contribution in [-0.4, -0.2) is 35.1 Å². The van der Waals surface area contributed by atoms with Crippen molar-refractivity contribution >= 4 is 5.91 Å². The second-order valence-electron chi connectivity index (χ2n) is 7.67. The predicted octanol–water partition coefficient (Wildman–Crippen LogP) is 4.86. The van der Waals surface area contributed by atoms with E-state index in [1.54, 1.807) is 24.3 Å². The quantitative estimate of drug-likeness (QED) is 0.523. The van der Waals surface area contributed by atoms with Crippen molar-refractivity contribution in [2.75, 3.05) is 6.61 Å². The lowest BCUT2D eigenvalue weighted by Crippen LogP contribution is -2.39. The summed E-state index contributed by atoms with van der Waals surface area (Å²) in [4.78, 5) is 21.6. The molecule has 0 unspecified atom stereocenters. The number of alkyl halides is 2. The fraction of sp³-hybridized carbons (Fsp3) is 0.292. The summed E-state index contributed by atoms with van der Waals surface area (Å²) < 4.78 is 49.5. The number of aromatic nitrogens is 2. The third-order valence-electron chi connectivity index (χ3n) is 5.53. The molecule has 6 nitrogen and oxygen atoms in total. The second-order valence-corrected chi connectivity index (χ2v) is 7.67. The number of carbonyl (C=O) groups is 1. The Bertz CT molecular complexity index is 1080. The highest BCUT2D eigenvalue weighted by Crippen LogP contribution is 2.32. The first-order chi connectivity index (χ1) is 16.0. The molecule has 9 heteroatoms. The standard InChI is InChI=1S/C24H22F3N3O3/c25-16-8-10-17(11-9-16)32-14-15-4-1-6-19(15)30-23(31)21-18(22-28-12-3-13-29-22)5-2-7-20(21)33-24(26)27/h2-3,5,7-13,15,19,24H,1,4,6,14H2,(H,30,31)/t15-,19+/m1/s1. The van der Waals surface area contributed by atoms with Crippen molar-refractivity contribution in [3.63, 3.8) is 0 Å². The number of rotatable bonds is 8. The zero-order valence-corrected chi connectivity index (χ0v) is 17.6. The fourth-order valence-corrected chi connectivity index (χ4v) is 3.99. The van der Waals surface area contributed by atoms with Crippen LogP contribution in [0.25, 0.3) is 11.4 Å². The molecule has 1 heterocycles. The summed E-state index contributed by atoms with van der Waals surface area (Å²) in [7, 11) is 0. The average Bonchev–Trinajstić information content (AvgIpc) is 3.25. The summed E-state index contributed by atoms with van der Waals surface area (Å²) >= 11 is 0. The molecule has 1 fully saturated rings. The number of hydrogen-bond acceptors (Lipinski definition) is 5. The molecule has 2 atom stereocenters. The van der Waals surface area contributed by atoms with Crippen molar-refractivity contribution in [2.24, 2.45) is 5.92 Å². The SMILES string of the molecule is O=C(N[C@H]1CCC[C@@H]1COc1ccc(F)cc1)c1c(OC(F)F)cccc1-c1ncccn1. The summed E-state index contributed by atoms with van der Waals surface area (Å²) in [5.41, 5.74) is 0.248. The molecule has 0 radical (unpaired) electrons. The lowest BCUT2D eigenvalue weighted by atomic mass is 10.0. The largest absolute Gasteiger partial charge is 0.493 e. The first-order valence-electron chi connectivity index (χ1n) is 10.6. The maximum absolute atomic E-state index is 13.3. The van der Waals surface area contributed by atoms with Gasteiger partial charge >= 0.3 is 6.61 Å². The number of halogens is 3. The predicted molar refractivity (Wildman–Crippen MR) is 115 cm³/mol. The Morgan fingerprint density at radius 1 is 1.06 bits per heavy atom. The molecule has 0 saturated heterocycles. The van der Waals surface area contributed by atoms with Gasteiger partial charge in [-0.15, -0.1) is 0 Å². The number of nitrogens with zero attached hydrogens (tertiary/aromatic N) is 2. The Hall–Kier alpha value is -3.62. The topological polar surface area (TPSA) is 73.3 Å². The number of amides is 1. The van der Waals surface area contributed by atoms with E-state index in [0.29, 0.717) is 17.9 Å².